The van der Waals surface area contributed by atoms with Crippen LogP contribution in [0.2, 0.25) is 0 Å². The van der Waals surface area contributed by atoms with Crippen LogP contribution in [-0.4, -0.2) is 45.4 Å². The van der Waals surface area contributed by atoms with E-state index in [1.54, 1.807) is 30.1 Å². The van der Waals surface area contributed by atoms with E-state index in [1.165, 1.54) is 9.87 Å². The molecule has 6 nitrogen and oxygen atoms in total. The Morgan fingerprint density at radius 3 is 2.48 bits per heavy atom. The molecular formula is C24H32N2O4S. The van der Waals surface area contributed by atoms with Crippen molar-refractivity contribution in [3.63, 3.8) is 0 Å². The number of nitrogens with zero attached hydrogens (tertiary/aromatic N) is 2. The van der Waals surface area contributed by atoms with Gasteiger partial charge in [0.25, 0.3) is 0 Å². The molecule has 0 saturated carbocycles. The van der Waals surface area contributed by atoms with Gasteiger partial charge in [0.15, 0.2) is 0 Å². The first-order valence-electron chi connectivity index (χ1n) is 10.7. The number of benzene rings is 2. The van der Waals surface area contributed by atoms with E-state index in [9.17, 15) is 13.2 Å². The molecule has 0 bridgehead atoms. The zero-order valence-corrected chi connectivity index (χ0v) is 19.8. The predicted octanol–water partition coefficient (Wildman–Crippen LogP) is 4.07. The van der Waals surface area contributed by atoms with Crippen molar-refractivity contribution in [3.8, 4) is 5.75 Å². The fourth-order valence-corrected chi connectivity index (χ4v) is 5.56. The topological polar surface area (TPSA) is 66.9 Å². The van der Waals surface area contributed by atoms with Gasteiger partial charge in [-0.2, -0.15) is 4.31 Å². The van der Waals surface area contributed by atoms with Gasteiger partial charge in [-0.15, -0.1) is 0 Å². The highest BCUT2D eigenvalue weighted by Crippen LogP contribution is 2.29. The Morgan fingerprint density at radius 2 is 1.84 bits per heavy atom. The van der Waals surface area contributed by atoms with E-state index in [0.29, 0.717) is 31.7 Å². The molecule has 31 heavy (non-hydrogen) atoms. The van der Waals surface area contributed by atoms with Crippen LogP contribution in [0.15, 0.2) is 41.3 Å². The van der Waals surface area contributed by atoms with Gasteiger partial charge in [-0.05, 0) is 87.6 Å². The lowest BCUT2D eigenvalue weighted by atomic mass is 9.98. The summed E-state index contributed by atoms with van der Waals surface area (Å²) in [6.45, 7) is 8.93. The molecule has 3 rings (SSSR count). The molecule has 168 valence electrons. The molecule has 1 atom stereocenters. The van der Waals surface area contributed by atoms with Gasteiger partial charge < -0.3 is 9.64 Å². The predicted molar refractivity (Wildman–Crippen MR) is 123 cm³/mol. The number of carbonyl (C=O) groups excluding carboxylic acids is 1. The molecule has 1 amide bonds. The lowest BCUT2D eigenvalue weighted by molar-refractivity contribution is -0.123. The van der Waals surface area contributed by atoms with Crippen molar-refractivity contribution >= 4 is 21.6 Å². The summed E-state index contributed by atoms with van der Waals surface area (Å²) >= 11 is 0. The zero-order valence-electron chi connectivity index (χ0n) is 19.0. The number of piperidine rings is 1. The fraction of sp³-hybridized carbons (Fsp3) is 0.458. The van der Waals surface area contributed by atoms with Crippen molar-refractivity contribution in [3.05, 3.63) is 53.1 Å². The molecule has 0 radical (unpaired) electrons. The van der Waals surface area contributed by atoms with Crippen molar-refractivity contribution in [1.82, 2.24) is 4.31 Å². The van der Waals surface area contributed by atoms with Crippen molar-refractivity contribution < 1.29 is 17.9 Å². The molecule has 2 aromatic rings. The molecule has 1 aliphatic rings. The summed E-state index contributed by atoms with van der Waals surface area (Å²) < 4.78 is 33.5. The van der Waals surface area contributed by atoms with Gasteiger partial charge in [0.1, 0.15) is 5.75 Å². The summed E-state index contributed by atoms with van der Waals surface area (Å²) in [7, 11) is -1.92. The van der Waals surface area contributed by atoms with E-state index in [2.05, 4.69) is 0 Å². The van der Waals surface area contributed by atoms with E-state index < -0.39 is 10.0 Å². The van der Waals surface area contributed by atoms with Gasteiger partial charge in [-0.25, -0.2) is 8.42 Å². The van der Waals surface area contributed by atoms with E-state index >= 15 is 0 Å². The minimum atomic E-state index is -3.68. The monoisotopic (exact) mass is 444 g/mol. The summed E-state index contributed by atoms with van der Waals surface area (Å²) in [5, 5.41) is 0. The van der Waals surface area contributed by atoms with Crippen LogP contribution in [0.1, 0.15) is 36.5 Å². The third-order valence-corrected chi connectivity index (χ3v) is 7.89. The van der Waals surface area contributed by atoms with Crippen LogP contribution in [0.3, 0.4) is 0 Å². The Labute approximate surface area is 185 Å². The van der Waals surface area contributed by atoms with Crippen molar-refractivity contribution in [2.75, 3.05) is 31.6 Å². The van der Waals surface area contributed by atoms with Crippen LogP contribution >= 0.6 is 0 Å². The zero-order chi connectivity index (χ0) is 22.8. The molecule has 0 aliphatic carbocycles. The maximum absolute atomic E-state index is 13.3. The fourth-order valence-electron chi connectivity index (χ4n) is 3.95. The van der Waals surface area contributed by atoms with Gasteiger partial charge in [-0.3, -0.25) is 4.79 Å². The van der Waals surface area contributed by atoms with E-state index in [4.69, 9.17) is 4.74 Å². The summed E-state index contributed by atoms with van der Waals surface area (Å²) in [4.78, 5) is 15.0. The standard InChI is InChI=1S/C24H32N2O4S/c1-6-30-23-12-11-22(15-19(23)4)31(28,29)26-13-7-8-20(16-26)24(27)25(5)21-10-9-17(2)18(3)14-21/h9-12,14-15,20H,6-8,13,16H2,1-5H3/t20-/m1/s1. The number of rotatable bonds is 6. The average Bonchev–Trinajstić information content (AvgIpc) is 2.76. The lowest BCUT2D eigenvalue weighted by Crippen LogP contribution is -2.46. The highest BCUT2D eigenvalue weighted by Gasteiger charge is 2.35. The van der Waals surface area contributed by atoms with E-state index in [0.717, 1.165) is 16.8 Å². The molecule has 1 heterocycles. The van der Waals surface area contributed by atoms with E-state index in [-0.39, 0.29) is 23.3 Å². The number of anilines is 1. The first-order chi connectivity index (χ1) is 14.6. The Kier molecular flexibility index (Phi) is 7.06. The smallest absolute Gasteiger partial charge is 0.243 e. The first-order valence-corrected chi connectivity index (χ1v) is 12.2. The van der Waals surface area contributed by atoms with Crippen molar-refractivity contribution in [1.29, 1.82) is 0 Å². The maximum Gasteiger partial charge on any atom is 0.243 e. The number of amides is 1. The van der Waals surface area contributed by atoms with Crippen LogP contribution in [0.4, 0.5) is 5.69 Å². The Balaban J connectivity index is 1.78. The third kappa shape index (κ3) is 4.93. The molecule has 7 heteroatoms. The van der Waals surface area contributed by atoms with Crippen LogP contribution in [0, 0.1) is 26.7 Å². The molecule has 0 N–H and O–H groups in total. The molecule has 0 unspecified atom stereocenters. The van der Waals surface area contributed by atoms with Crippen LogP contribution in [0.25, 0.3) is 0 Å². The lowest BCUT2D eigenvalue weighted by Gasteiger charge is -2.33. The molecule has 0 spiro atoms. The molecular weight excluding hydrogens is 412 g/mol. The van der Waals surface area contributed by atoms with Gasteiger partial charge in [-0.1, -0.05) is 6.07 Å². The highest BCUT2D eigenvalue weighted by molar-refractivity contribution is 7.89. The second-order valence-corrected chi connectivity index (χ2v) is 10.2. The van der Waals surface area contributed by atoms with Crippen LogP contribution < -0.4 is 9.64 Å². The minimum Gasteiger partial charge on any atom is -0.494 e. The van der Waals surface area contributed by atoms with Crippen molar-refractivity contribution in [2.45, 2.75) is 45.4 Å². The summed E-state index contributed by atoms with van der Waals surface area (Å²) in [5.74, 6) is 0.271. The first kappa shape index (κ1) is 23.3. The second kappa shape index (κ2) is 9.40. The normalized spacial score (nSPS) is 17.4. The molecule has 2 aromatic carbocycles. The molecule has 1 saturated heterocycles. The van der Waals surface area contributed by atoms with Gasteiger partial charge in [0.2, 0.25) is 15.9 Å². The second-order valence-electron chi connectivity index (χ2n) is 8.23. The van der Waals surface area contributed by atoms with E-state index in [1.807, 2.05) is 45.9 Å². The number of hydrogen-bond acceptors (Lipinski definition) is 4. The van der Waals surface area contributed by atoms with Gasteiger partial charge in [0, 0.05) is 25.8 Å². The number of sulfonamides is 1. The SMILES string of the molecule is CCOc1ccc(S(=O)(=O)N2CCC[C@@H](C(=O)N(C)c3ccc(C)c(C)c3)C2)cc1C. The summed E-state index contributed by atoms with van der Waals surface area (Å²) in [5.41, 5.74) is 3.90. The molecule has 1 fully saturated rings. The third-order valence-electron chi connectivity index (χ3n) is 6.03. The number of carbonyl (C=O) groups is 1. The number of hydrogen-bond donors (Lipinski definition) is 0. The largest absolute Gasteiger partial charge is 0.494 e. The molecule has 1 aliphatic heterocycles. The van der Waals surface area contributed by atoms with Crippen LogP contribution in [-0.2, 0) is 14.8 Å². The maximum atomic E-state index is 13.3. The average molecular weight is 445 g/mol. The Bertz CT molecular complexity index is 1070. The van der Waals surface area contributed by atoms with Gasteiger partial charge >= 0.3 is 0 Å². The van der Waals surface area contributed by atoms with Crippen LogP contribution in [0.5, 0.6) is 5.75 Å². The highest BCUT2D eigenvalue weighted by atomic mass is 32.2. The molecule has 0 aromatic heterocycles. The Morgan fingerprint density at radius 1 is 1.10 bits per heavy atom. The number of aryl methyl sites for hydroxylation is 3. The minimum absolute atomic E-state index is 0.0500. The Hall–Kier alpha value is -2.38. The van der Waals surface area contributed by atoms with Crippen molar-refractivity contribution in [2.24, 2.45) is 5.92 Å². The van der Waals surface area contributed by atoms with Gasteiger partial charge in [0.05, 0.1) is 17.4 Å². The number of ether oxygens (including phenoxy) is 1. The quantitative estimate of drug-likeness (QED) is 0.674. The summed E-state index contributed by atoms with van der Waals surface area (Å²) in [6.07, 6.45) is 1.34. The summed E-state index contributed by atoms with van der Waals surface area (Å²) in [6, 6.07) is 10.9.